The van der Waals surface area contributed by atoms with Crippen LogP contribution in [0.5, 0.6) is 5.75 Å². The third-order valence-electron chi connectivity index (χ3n) is 3.42. The Morgan fingerprint density at radius 2 is 1.87 bits per heavy atom. The van der Waals surface area contributed by atoms with Crippen molar-refractivity contribution in [1.82, 2.24) is 9.97 Å². The van der Waals surface area contributed by atoms with Gasteiger partial charge in [0.15, 0.2) is 0 Å². The first-order chi connectivity index (χ1) is 11.3. The number of nitrogens with zero attached hydrogens (tertiary/aromatic N) is 2. The molecule has 1 N–H and O–H groups in total. The number of fused-ring (bicyclic) bond motifs is 1. The number of aromatic nitrogens is 2. The molecule has 1 aromatic carbocycles. The van der Waals surface area contributed by atoms with E-state index in [1.807, 2.05) is 36.4 Å². The summed E-state index contributed by atoms with van der Waals surface area (Å²) in [6.07, 6.45) is 0.920. The predicted octanol–water partition coefficient (Wildman–Crippen LogP) is 3.35. The first-order valence-electron chi connectivity index (χ1n) is 7.45. The molecule has 6 heteroatoms. The molecule has 0 bridgehead atoms. The van der Waals surface area contributed by atoms with Crippen LogP contribution in [0.4, 0.5) is 5.82 Å². The maximum atomic E-state index is 5.77. The highest BCUT2D eigenvalue weighted by atomic mass is 16.5. The molecule has 0 fully saturated rings. The van der Waals surface area contributed by atoms with Crippen molar-refractivity contribution < 1.29 is 13.9 Å². The second kappa shape index (κ2) is 7.11. The molecule has 0 unspecified atom stereocenters. The molecule has 3 rings (SSSR count). The lowest BCUT2D eigenvalue weighted by atomic mass is 10.2. The smallest absolute Gasteiger partial charge is 0.249 e. The van der Waals surface area contributed by atoms with Gasteiger partial charge in [-0.2, -0.15) is 4.98 Å². The molecule has 120 valence electrons. The van der Waals surface area contributed by atoms with Gasteiger partial charge in [0.2, 0.25) is 11.6 Å². The minimum absolute atomic E-state index is 0.521. The van der Waals surface area contributed by atoms with E-state index in [0.717, 1.165) is 42.2 Å². The van der Waals surface area contributed by atoms with Crippen LogP contribution in [0.25, 0.3) is 22.7 Å². The van der Waals surface area contributed by atoms with Crippen LogP contribution in [0, 0.1) is 0 Å². The highest BCUT2D eigenvalue weighted by molar-refractivity contribution is 5.74. The van der Waals surface area contributed by atoms with Crippen LogP contribution >= 0.6 is 0 Å². The number of benzene rings is 1. The van der Waals surface area contributed by atoms with Crippen molar-refractivity contribution in [3.63, 3.8) is 0 Å². The number of anilines is 1. The van der Waals surface area contributed by atoms with Crippen LogP contribution in [0.1, 0.15) is 6.42 Å². The number of nitrogens with one attached hydrogen (secondary N) is 1. The third kappa shape index (κ3) is 3.60. The van der Waals surface area contributed by atoms with Crippen LogP contribution in [0.15, 0.2) is 40.8 Å². The molecule has 0 aliphatic heterocycles. The molecule has 0 saturated heterocycles. The lowest BCUT2D eigenvalue weighted by molar-refractivity contribution is 0.198. The van der Waals surface area contributed by atoms with E-state index in [0.29, 0.717) is 11.6 Å². The zero-order valence-corrected chi connectivity index (χ0v) is 13.2. The van der Waals surface area contributed by atoms with E-state index in [4.69, 9.17) is 13.9 Å². The van der Waals surface area contributed by atoms with Gasteiger partial charge in [0.1, 0.15) is 17.1 Å². The Balaban J connectivity index is 1.78. The number of hydrogen-bond acceptors (Lipinski definition) is 6. The fourth-order valence-corrected chi connectivity index (χ4v) is 2.21. The monoisotopic (exact) mass is 313 g/mol. The van der Waals surface area contributed by atoms with Gasteiger partial charge in [0, 0.05) is 25.8 Å². The van der Waals surface area contributed by atoms with Crippen molar-refractivity contribution in [2.75, 3.05) is 32.7 Å². The zero-order valence-electron chi connectivity index (χ0n) is 13.2. The molecule has 3 aromatic rings. The van der Waals surface area contributed by atoms with Crippen LogP contribution in [0.2, 0.25) is 0 Å². The van der Waals surface area contributed by atoms with Gasteiger partial charge in [0.25, 0.3) is 0 Å². The van der Waals surface area contributed by atoms with Crippen LogP contribution in [-0.4, -0.2) is 37.3 Å². The topological polar surface area (TPSA) is 69.4 Å². The molecule has 0 radical (unpaired) electrons. The molecule has 0 saturated carbocycles. The van der Waals surface area contributed by atoms with Gasteiger partial charge in [-0.15, -0.1) is 0 Å². The molecule has 2 aromatic heterocycles. The Hall–Kier alpha value is -2.60. The molecule has 0 atom stereocenters. The van der Waals surface area contributed by atoms with E-state index in [-0.39, 0.29) is 0 Å². The molecule has 0 spiro atoms. The second-order valence-electron chi connectivity index (χ2n) is 5.04. The number of rotatable bonds is 7. The van der Waals surface area contributed by atoms with E-state index in [1.165, 1.54) is 0 Å². The summed E-state index contributed by atoms with van der Waals surface area (Å²) in [7, 11) is 3.33. The fraction of sp³-hybridized carbons (Fsp3) is 0.294. The maximum Gasteiger partial charge on any atom is 0.249 e. The van der Waals surface area contributed by atoms with Crippen molar-refractivity contribution in [1.29, 1.82) is 0 Å². The summed E-state index contributed by atoms with van der Waals surface area (Å²) in [5, 5.41) is 3.24. The van der Waals surface area contributed by atoms with Crippen molar-refractivity contribution in [2.24, 2.45) is 0 Å². The summed E-state index contributed by atoms with van der Waals surface area (Å²) in [6.45, 7) is 1.52. The quantitative estimate of drug-likeness (QED) is 0.675. The summed E-state index contributed by atoms with van der Waals surface area (Å²) >= 11 is 0. The maximum absolute atomic E-state index is 5.77. The Kier molecular flexibility index (Phi) is 4.73. The molecule has 0 amide bonds. The van der Waals surface area contributed by atoms with Crippen molar-refractivity contribution in [3.05, 3.63) is 36.4 Å². The lowest BCUT2D eigenvalue weighted by Crippen LogP contribution is -2.05. The van der Waals surface area contributed by atoms with E-state index in [1.54, 1.807) is 14.2 Å². The average molecular weight is 313 g/mol. The molecule has 0 aliphatic rings. The van der Waals surface area contributed by atoms with Crippen molar-refractivity contribution >= 4 is 17.0 Å². The van der Waals surface area contributed by atoms with Crippen LogP contribution in [0.3, 0.4) is 0 Å². The molecule has 2 heterocycles. The van der Waals surface area contributed by atoms with Gasteiger partial charge in [-0.1, -0.05) is 0 Å². The van der Waals surface area contributed by atoms with Crippen LogP contribution in [-0.2, 0) is 4.74 Å². The summed E-state index contributed by atoms with van der Waals surface area (Å²) in [6, 6.07) is 11.4. The summed E-state index contributed by atoms with van der Waals surface area (Å²) in [5.41, 5.74) is 2.14. The van der Waals surface area contributed by atoms with Gasteiger partial charge in [-0.25, -0.2) is 4.98 Å². The molecule has 0 aliphatic carbocycles. The highest BCUT2D eigenvalue weighted by Crippen LogP contribution is 2.25. The van der Waals surface area contributed by atoms with Gasteiger partial charge in [0.05, 0.1) is 7.11 Å². The Morgan fingerprint density at radius 3 is 2.61 bits per heavy atom. The highest BCUT2D eigenvalue weighted by Gasteiger charge is 2.10. The standard InChI is InChI=1S/C17H19N3O3/c1-21-11-3-10-18-15-9-8-14-17(20-15)23-16(19-14)12-4-6-13(22-2)7-5-12/h4-9H,3,10-11H2,1-2H3,(H,18,20). The van der Waals surface area contributed by atoms with E-state index in [2.05, 4.69) is 15.3 Å². The number of ether oxygens (including phenoxy) is 2. The zero-order chi connectivity index (χ0) is 16.1. The minimum Gasteiger partial charge on any atom is -0.497 e. The summed E-state index contributed by atoms with van der Waals surface area (Å²) < 4.78 is 15.9. The molecule has 6 nitrogen and oxygen atoms in total. The van der Waals surface area contributed by atoms with Gasteiger partial charge >= 0.3 is 0 Å². The van der Waals surface area contributed by atoms with Gasteiger partial charge in [-0.3, -0.25) is 0 Å². The summed E-state index contributed by atoms with van der Waals surface area (Å²) in [4.78, 5) is 8.92. The second-order valence-corrected chi connectivity index (χ2v) is 5.04. The van der Waals surface area contributed by atoms with Crippen molar-refractivity contribution in [3.8, 4) is 17.2 Å². The van der Waals surface area contributed by atoms with E-state index >= 15 is 0 Å². The molecular formula is C17H19N3O3. The van der Waals surface area contributed by atoms with Gasteiger partial charge < -0.3 is 19.2 Å². The largest absolute Gasteiger partial charge is 0.497 e. The number of pyridine rings is 1. The van der Waals surface area contributed by atoms with Crippen LogP contribution < -0.4 is 10.1 Å². The number of methoxy groups -OCH3 is 2. The Labute approximate surface area is 134 Å². The van der Waals surface area contributed by atoms with E-state index in [9.17, 15) is 0 Å². The minimum atomic E-state index is 0.521. The SMILES string of the molecule is COCCCNc1ccc2nc(-c3ccc(OC)cc3)oc2n1. The van der Waals surface area contributed by atoms with Crippen molar-refractivity contribution in [2.45, 2.75) is 6.42 Å². The number of oxazole rings is 1. The Morgan fingerprint density at radius 1 is 1.04 bits per heavy atom. The first-order valence-corrected chi connectivity index (χ1v) is 7.45. The van der Waals surface area contributed by atoms with Gasteiger partial charge in [-0.05, 0) is 42.8 Å². The Bertz CT molecular complexity index is 768. The summed E-state index contributed by atoms with van der Waals surface area (Å²) in [5.74, 6) is 2.11. The normalized spacial score (nSPS) is 10.9. The average Bonchev–Trinajstić information content (AvgIpc) is 3.02. The molecule has 23 heavy (non-hydrogen) atoms. The predicted molar refractivity (Wildman–Crippen MR) is 88.8 cm³/mol. The molecular weight excluding hydrogens is 294 g/mol. The van der Waals surface area contributed by atoms with E-state index < -0.39 is 0 Å². The first kappa shape index (κ1) is 15.3. The number of hydrogen-bond donors (Lipinski definition) is 1. The third-order valence-corrected chi connectivity index (χ3v) is 3.42. The fourth-order valence-electron chi connectivity index (χ4n) is 2.21. The lowest BCUT2D eigenvalue weighted by Gasteiger charge is -2.03.